The number of ether oxygens (including phenoxy) is 1. The lowest BCUT2D eigenvalue weighted by Gasteiger charge is -2.14. The molecular formula is C25H27N5O2. The topological polar surface area (TPSA) is 96.3 Å². The molecule has 1 aliphatic rings. The normalized spacial score (nSPS) is 15.6. The molecule has 0 bridgehead atoms. The van der Waals surface area contributed by atoms with E-state index in [-0.39, 0.29) is 6.10 Å². The number of fused-ring (bicyclic) bond motifs is 1. The van der Waals surface area contributed by atoms with Crippen LogP contribution in [0.15, 0.2) is 45.9 Å². The molecule has 32 heavy (non-hydrogen) atoms. The fourth-order valence-corrected chi connectivity index (χ4v) is 3.98. The number of aromatic nitrogens is 2. The number of aliphatic imine (C=N–C) groups is 1. The number of benzene rings is 2. The Morgan fingerprint density at radius 3 is 2.94 bits per heavy atom. The molecule has 164 valence electrons. The number of nitriles is 1. The van der Waals surface area contributed by atoms with E-state index in [1.165, 1.54) is 11.1 Å². The fraction of sp³-hybridized carbons (Fsp3) is 0.360. The smallest absolute Gasteiger partial charge is 0.258 e. The Morgan fingerprint density at radius 2 is 2.19 bits per heavy atom. The summed E-state index contributed by atoms with van der Waals surface area (Å²) in [5.74, 6) is 1.49. The van der Waals surface area contributed by atoms with Crippen molar-refractivity contribution in [1.29, 1.82) is 5.26 Å². The largest absolute Gasteiger partial charge is 0.490 e. The van der Waals surface area contributed by atoms with Crippen LogP contribution in [0.3, 0.4) is 0 Å². The van der Waals surface area contributed by atoms with Gasteiger partial charge in [-0.05, 0) is 62.9 Å². The Bertz CT molecular complexity index is 1190. The van der Waals surface area contributed by atoms with Crippen molar-refractivity contribution in [1.82, 2.24) is 15.5 Å². The van der Waals surface area contributed by atoms with Gasteiger partial charge in [-0.15, -0.1) is 0 Å². The fourth-order valence-electron chi connectivity index (χ4n) is 3.98. The van der Waals surface area contributed by atoms with E-state index in [1.54, 1.807) is 12.1 Å². The Balaban J connectivity index is 1.60. The molecule has 1 N–H and O–H groups in total. The highest BCUT2D eigenvalue weighted by molar-refractivity contribution is 5.83. The first-order valence-corrected chi connectivity index (χ1v) is 10.8. The number of nitrogens with one attached hydrogen (secondary N) is 1. The van der Waals surface area contributed by atoms with Gasteiger partial charge in [0.1, 0.15) is 11.8 Å². The molecule has 1 aliphatic carbocycles. The Labute approximate surface area is 188 Å². The predicted molar refractivity (Wildman–Crippen MR) is 124 cm³/mol. The van der Waals surface area contributed by atoms with Gasteiger partial charge in [0, 0.05) is 36.5 Å². The van der Waals surface area contributed by atoms with Crippen LogP contribution < -0.4 is 10.1 Å². The first-order chi connectivity index (χ1) is 15.5. The summed E-state index contributed by atoms with van der Waals surface area (Å²) in [7, 11) is 1.82. The Hall–Kier alpha value is -3.50. The van der Waals surface area contributed by atoms with E-state index < -0.39 is 0 Å². The summed E-state index contributed by atoms with van der Waals surface area (Å²) in [6.07, 6.45) is 1.96. The van der Waals surface area contributed by atoms with Crippen LogP contribution in [-0.2, 0) is 6.42 Å². The molecule has 0 spiro atoms. The van der Waals surface area contributed by atoms with Crippen molar-refractivity contribution in [2.45, 2.75) is 45.8 Å². The summed E-state index contributed by atoms with van der Waals surface area (Å²) in [5.41, 5.74) is 5.73. The van der Waals surface area contributed by atoms with Gasteiger partial charge in [-0.3, -0.25) is 4.99 Å². The minimum Gasteiger partial charge on any atom is -0.490 e. The Morgan fingerprint density at radius 1 is 1.34 bits per heavy atom. The maximum absolute atomic E-state index is 9.50. The molecule has 1 unspecified atom stereocenters. The van der Waals surface area contributed by atoms with Gasteiger partial charge in [0.05, 0.1) is 11.7 Å². The molecular weight excluding hydrogens is 402 g/mol. The van der Waals surface area contributed by atoms with Crippen LogP contribution in [0.5, 0.6) is 5.75 Å². The van der Waals surface area contributed by atoms with Crippen LogP contribution in [0, 0.1) is 11.3 Å². The maximum Gasteiger partial charge on any atom is 0.258 e. The van der Waals surface area contributed by atoms with Gasteiger partial charge < -0.3 is 14.6 Å². The predicted octanol–water partition coefficient (Wildman–Crippen LogP) is 4.73. The van der Waals surface area contributed by atoms with Crippen molar-refractivity contribution in [3.63, 3.8) is 0 Å². The van der Waals surface area contributed by atoms with Crippen molar-refractivity contribution in [2.75, 3.05) is 13.6 Å². The van der Waals surface area contributed by atoms with Crippen LogP contribution in [0.2, 0.25) is 0 Å². The van der Waals surface area contributed by atoms with Gasteiger partial charge in [0.2, 0.25) is 5.82 Å². The minimum absolute atomic E-state index is 0.0142. The van der Waals surface area contributed by atoms with Gasteiger partial charge in [-0.25, -0.2) is 0 Å². The highest BCUT2D eigenvalue weighted by Gasteiger charge is 2.26. The summed E-state index contributed by atoms with van der Waals surface area (Å²) in [6.45, 7) is 6.65. The molecule has 0 fully saturated rings. The molecule has 0 aliphatic heterocycles. The summed E-state index contributed by atoms with van der Waals surface area (Å²) in [6, 6.07) is 14.0. The average molecular weight is 430 g/mol. The number of rotatable bonds is 7. The van der Waals surface area contributed by atoms with Crippen molar-refractivity contribution < 1.29 is 9.26 Å². The third-order valence-electron chi connectivity index (χ3n) is 5.63. The summed E-state index contributed by atoms with van der Waals surface area (Å²) >= 11 is 0. The standard InChI is InChI=1S/C25H27N5O2/c1-15(2)31-23-11-8-17(12-18(23)13-26)25-29-24(30-32-25)21-7-5-6-20-19(21)9-10-22(20)28-14-16(3)27-4/h5-8,11-12,15,22,28H,9-10,14H2,1-4H3. The highest BCUT2D eigenvalue weighted by Crippen LogP contribution is 2.37. The summed E-state index contributed by atoms with van der Waals surface area (Å²) < 4.78 is 11.3. The molecule has 2 aromatic carbocycles. The van der Waals surface area contributed by atoms with Crippen molar-refractivity contribution >= 4 is 5.71 Å². The van der Waals surface area contributed by atoms with Gasteiger partial charge >= 0.3 is 0 Å². The average Bonchev–Trinajstić information content (AvgIpc) is 3.44. The van der Waals surface area contributed by atoms with Crippen molar-refractivity contribution in [2.24, 2.45) is 4.99 Å². The molecule has 0 saturated heterocycles. The van der Waals surface area contributed by atoms with Crippen molar-refractivity contribution in [3.05, 3.63) is 53.1 Å². The van der Waals surface area contributed by atoms with E-state index >= 15 is 0 Å². The van der Waals surface area contributed by atoms with Gasteiger partial charge in [0.15, 0.2) is 0 Å². The van der Waals surface area contributed by atoms with Gasteiger partial charge in [-0.2, -0.15) is 10.2 Å². The monoisotopic (exact) mass is 429 g/mol. The van der Waals surface area contributed by atoms with Gasteiger partial charge in [0.25, 0.3) is 5.89 Å². The number of nitrogens with zero attached hydrogens (tertiary/aromatic N) is 4. The molecule has 1 aromatic heterocycles. The second kappa shape index (κ2) is 9.33. The van der Waals surface area contributed by atoms with E-state index in [4.69, 9.17) is 9.26 Å². The Kier molecular flexibility index (Phi) is 6.33. The van der Waals surface area contributed by atoms with Crippen LogP contribution in [0.4, 0.5) is 0 Å². The molecule has 0 amide bonds. The van der Waals surface area contributed by atoms with E-state index in [1.807, 2.05) is 46.0 Å². The van der Waals surface area contributed by atoms with Crippen LogP contribution in [0.1, 0.15) is 49.9 Å². The van der Waals surface area contributed by atoms with Crippen LogP contribution in [-0.4, -0.2) is 35.5 Å². The van der Waals surface area contributed by atoms with Gasteiger partial charge in [-0.1, -0.05) is 23.4 Å². The molecule has 0 saturated carbocycles. The van der Waals surface area contributed by atoms with E-state index in [0.29, 0.717) is 34.6 Å². The highest BCUT2D eigenvalue weighted by atomic mass is 16.5. The third kappa shape index (κ3) is 4.41. The number of hydrogen-bond donors (Lipinski definition) is 1. The van der Waals surface area contributed by atoms with Crippen LogP contribution in [0.25, 0.3) is 22.8 Å². The zero-order chi connectivity index (χ0) is 22.7. The minimum atomic E-state index is -0.0142. The van der Waals surface area contributed by atoms with E-state index in [0.717, 1.165) is 30.7 Å². The molecule has 7 nitrogen and oxygen atoms in total. The third-order valence-corrected chi connectivity index (χ3v) is 5.63. The lowest BCUT2D eigenvalue weighted by atomic mass is 10.0. The molecule has 7 heteroatoms. The lowest BCUT2D eigenvalue weighted by Crippen LogP contribution is -2.25. The molecule has 1 atom stereocenters. The van der Waals surface area contributed by atoms with E-state index in [9.17, 15) is 5.26 Å². The zero-order valence-corrected chi connectivity index (χ0v) is 18.8. The molecule has 0 radical (unpaired) electrons. The summed E-state index contributed by atoms with van der Waals surface area (Å²) in [5, 5.41) is 17.3. The lowest BCUT2D eigenvalue weighted by molar-refractivity contribution is 0.241. The quantitative estimate of drug-likeness (QED) is 0.546. The summed E-state index contributed by atoms with van der Waals surface area (Å²) in [4.78, 5) is 8.87. The van der Waals surface area contributed by atoms with Crippen molar-refractivity contribution in [3.8, 4) is 34.7 Å². The second-order valence-corrected chi connectivity index (χ2v) is 8.22. The zero-order valence-electron chi connectivity index (χ0n) is 18.8. The van der Waals surface area contributed by atoms with Crippen LogP contribution >= 0.6 is 0 Å². The maximum atomic E-state index is 9.50. The number of hydrogen-bond acceptors (Lipinski definition) is 7. The first kappa shape index (κ1) is 21.7. The molecule has 3 aromatic rings. The molecule has 1 heterocycles. The first-order valence-electron chi connectivity index (χ1n) is 10.8. The SMILES string of the molecule is CN=C(C)CNC1CCc2c(-c3noc(-c4ccc(OC(C)C)c(C#N)c4)n3)cccc21. The van der Waals surface area contributed by atoms with E-state index in [2.05, 4.69) is 32.6 Å². The molecule has 4 rings (SSSR count). The second-order valence-electron chi connectivity index (χ2n) is 8.22.